The first-order chi connectivity index (χ1) is 21.8. The van der Waals surface area contributed by atoms with Gasteiger partial charge in [-0.3, -0.25) is 14.5 Å². The SMILES string of the molecule is CCCc1c2nc(-c3cc(S(=O)(=O)N4CCN(CC)CC4)cnc3OC(COC)COC)[nH]c(=O)c2nn1Cc1ccccn1. The van der Waals surface area contributed by atoms with E-state index in [2.05, 4.69) is 31.9 Å². The Morgan fingerprint density at radius 2 is 1.78 bits per heavy atom. The molecule has 0 spiro atoms. The summed E-state index contributed by atoms with van der Waals surface area (Å²) in [4.78, 5) is 32.2. The number of hydrogen-bond donors (Lipinski definition) is 1. The molecule has 1 aliphatic rings. The Bertz CT molecular complexity index is 1750. The highest BCUT2D eigenvalue weighted by molar-refractivity contribution is 7.89. The highest BCUT2D eigenvalue weighted by atomic mass is 32.2. The third-order valence-electron chi connectivity index (χ3n) is 7.71. The summed E-state index contributed by atoms with van der Waals surface area (Å²) in [7, 11) is -0.812. The Kier molecular flexibility index (Phi) is 10.6. The van der Waals surface area contributed by atoms with E-state index in [1.807, 2.05) is 25.1 Å². The number of fused-ring (bicyclic) bond motifs is 1. The van der Waals surface area contributed by atoms with E-state index in [9.17, 15) is 13.2 Å². The van der Waals surface area contributed by atoms with Crippen molar-refractivity contribution >= 4 is 21.1 Å². The summed E-state index contributed by atoms with van der Waals surface area (Å²) in [6, 6.07) is 7.09. The quantitative estimate of drug-likeness (QED) is 0.215. The van der Waals surface area contributed by atoms with Crippen molar-refractivity contribution in [3.63, 3.8) is 0 Å². The minimum absolute atomic E-state index is 0.0211. The summed E-state index contributed by atoms with van der Waals surface area (Å²) in [5, 5.41) is 4.60. The van der Waals surface area contributed by atoms with Crippen LogP contribution in [0.25, 0.3) is 22.4 Å². The van der Waals surface area contributed by atoms with E-state index in [-0.39, 0.29) is 40.9 Å². The smallest absolute Gasteiger partial charge is 0.279 e. The van der Waals surface area contributed by atoms with Gasteiger partial charge in [0.25, 0.3) is 5.56 Å². The van der Waals surface area contributed by atoms with Crippen molar-refractivity contribution in [2.24, 2.45) is 0 Å². The van der Waals surface area contributed by atoms with Crippen LogP contribution >= 0.6 is 0 Å². The maximum atomic E-state index is 13.8. The van der Waals surface area contributed by atoms with E-state index in [1.54, 1.807) is 25.1 Å². The van der Waals surface area contributed by atoms with Crippen molar-refractivity contribution in [2.45, 2.75) is 44.2 Å². The molecule has 242 valence electrons. The second-order valence-corrected chi connectivity index (χ2v) is 12.7. The molecule has 0 unspecified atom stereocenters. The van der Waals surface area contributed by atoms with E-state index in [0.717, 1.165) is 24.4 Å². The van der Waals surface area contributed by atoms with Crippen molar-refractivity contribution < 1.29 is 22.6 Å². The molecule has 0 radical (unpaired) electrons. The zero-order chi connectivity index (χ0) is 32.0. The molecule has 15 heteroatoms. The fourth-order valence-electron chi connectivity index (χ4n) is 5.37. The molecule has 0 amide bonds. The zero-order valence-electron chi connectivity index (χ0n) is 26.1. The summed E-state index contributed by atoms with van der Waals surface area (Å²) in [6.45, 7) is 7.71. The predicted octanol–water partition coefficient (Wildman–Crippen LogP) is 1.94. The summed E-state index contributed by atoms with van der Waals surface area (Å²) < 4.78 is 47.5. The van der Waals surface area contributed by atoms with Crippen molar-refractivity contribution in [1.29, 1.82) is 0 Å². The molecule has 1 N–H and O–H groups in total. The second kappa shape index (κ2) is 14.6. The van der Waals surface area contributed by atoms with Crippen LogP contribution in [0.2, 0.25) is 0 Å². The van der Waals surface area contributed by atoms with Crippen LogP contribution < -0.4 is 10.3 Å². The van der Waals surface area contributed by atoms with Crippen LogP contribution in [0.1, 0.15) is 31.7 Å². The number of aromatic amines is 1. The predicted molar refractivity (Wildman–Crippen MR) is 168 cm³/mol. The number of pyridine rings is 2. The molecule has 1 saturated heterocycles. The van der Waals surface area contributed by atoms with E-state index < -0.39 is 21.7 Å². The van der Waals surface area contributed by atoms with Gasteiger partial charge in [-0.05, 0) is 31.2 Å². The Balaban J connectivity index is 1.62. The number of ether oxygens (including phenoxy) is 3. The number of H-pyrrole nitrogens is 1. The first-order valence-corrected chi connectivity index (χ1v) is 16.5. The summed E-state index contributed by atoms with van der Waals surface area (Å²) in [6.07, 6.45) is 3.84. The van der Waals surface area contributed by atoms with Crippen molar-refractivity contribution in [2.75, 3.05) is 60.2 Å². The van der Waals surface area contributed by atoms with Crippen LogP contribution in [0, 0.1) is 0 Å². The van der Waals surface area contributed by atoms with E-state index >= 15 is 0 Å². The molecule has 1 fully saturated rings. The van der Waals surface area contributed by atoms with Gasteiger partial charge in [0, 0.05) is 46.6 Å². The van der Waals surface area contributed by atoms with Crippen LogP contribution in [0.15, 0.2) is 46.3 Å². The van der Waals surface area contributed by atoms with Gasteiger partial charge in [-0.25, -0.2) is 18.4 Å². The van der Waals surface area contributed by atoms with Gasteiger partial charge < -0.3 is 24.1 Å². The molecule has 0 aliphatic carbocycles. The maximum Gasteiger partial charge on any atom is 0.279 e. The number of sulfonamides is 1. The number of piperazine rings is 1. The summed E-state index contributed by atoms with van der Waals surface area (Å²) in [5.74, 6) is 0.204. The molecule has 5 heterocycles. The van der Waals surface area contributed by atoms with E-state index in [1.165, 1.54) is 16.6 Å². The Morgan fingerprint density at radius 1 is 1.02 bits per heavy atom. The Morgan fingerprint density at radius 3 is 2.42 bits per heavy atom. The van der Waals surface area contributed by atoms with Crippen molar-refractivity contribution in [1.82, 2.24) is 38.9 Å². The topological polar surface area (TPSA) is 158 Å². The van der Waals surface area contributed by atoms with Crippen LogP contribution in [0.4, 0.5) is 0 Å². The van der Waals surface area contributed by atoms with Crippen LogP contribution in [0.5, 0.6) is 5.88 Å². The monoisotopic (exact) mass is 640 g/mol. The average molecular weight is 641 g/mol. The second-order valence-electron chi connectivity index (χ2n) is 10.8. The number of likely N-dealkylation sites (N-methyl/N-ethyl adjacent to an activating group) is 1. The molecule has 0 saturated carbocycles. The van der Waals surface area contributed by atoms with Gasteiger partial charge >= 0.3 is 0 Å². The van der Waals surface area contributed by atoms with Gasteiger partial charge in [-0.1, -0.05) is 26.3 Å². The minimum Gasteiger partial charge on any atom is -0.469 e. The maximum absolute atomic E-state index is 13.8. The highest BCUT2D eigenvalue weighted by Crippen LogP contribution is 2.31. The largest absolute Gasteiger partial charge is 0.469 e. The third kappa shape index (κ3) is 7.23. The zero-order valence-corrected chi connectivity index (χ0v) is 26.9. The van der Waals surface area contributed by atoms with Crippen LogP contribution in [-0.4, -0.2) is 114 Å². The molecule has 45 heavy (non-hydrogen) atoms. The van der Waals surface area contributed by atoms with E-state index in [0.29, 0.717) is 44.7 Å². The molecular formula is C30H40N8O6S. The van der Waals surface area contributed by atoms with Crippen LogP contribution in [0.3, 0.4) is 0 Å². The molecule has 14 nitrogen and oxygen atoms in total. The summed E-state index contributed by atoms with van der Waals surface area (Å²) >= 11 is 0. The number of methoxy groups -OCH3 is 2. The number of aromatic nitrogens is 6. The van der Waals surface area contributed by atoms with Gasteiger partial charge in [-0.15, -0.1) is 0 Å². The molecular weight excluding hydrogens is 600 g/mol. The molecule has 5 rings (SSSR count). The lowest BCUT2D eigenvalue weighted by Gasteiger charge is -2.33. The van der Waals surface area contributed by atoms with Gasteiger partial charge in [0.15, 0.2) is 5.52 Å². The fraction of sp³-hybridized carbons (Fsp3) is 0.500. The minimum atomic E-state index is -3.89. The number of aryl methyl sites for hydroxylation is 1. The first kappa shape index (κ1) is 32.6. The Labute approximate surface area is 262 Å². The molecule has 4 aromatic rings. The lowest BCUT2D eigenvalue weighted by Crippen LogP contribution is -2.48. The third-order valence-corrected chi connectivity index (χ3v) is 9.57. The fourth-order valence-corrected chi connectivity index (χ4v) is 6.77. The molecule has 0 atom stereocenters. The highest BCUT2D eigenvalue weighted by Gasteiger charge is 2.30. The van der Waals surface area contributed by atoms with E-state index in [4.69, 9.17) is 19.2 Å². The summed E-state index contributed by atoms with van der Waals surface area (Å²) in [5.41, 5.74) is 1.93. The Hall–Kier alpha value is -3.76. The van der Waals surface area contributed by atoms with Gasteiger partial charge in [0.2, 0.25) is 15.9 Å². The van der Waals surface area contributed by atoms with Gasteiger partial charge in [-0.2, -0.15) is 9.40 Å². The number of hydrogen-bond acceptors (Lipinski definition) is 11. The number of rotatable bonds is 14. The van der Waals surface area contributed by atoms with Crippen molar-refractivity contribution in [3.05, 3.63) is 58.4 Å². The molecule has 0 bridgehead atoms. The molecule has 1 aliphatic heterocycles. The first-order valence-electron chi connectivity index (χ1n) is 15.1. The number of nitrogens with one attached hydrogen (secondary N) is 1. The van der Waals surface area contributed by atoms with Crippen molar-refractivity contribution in [3.8, 4) is 17.3 Å². The molecule has 0 aromatic carbocycles. The van der Waals surface area contributed by atoms with Gasteiger partial charge in [0.05, 0.1) is 42.9 Å². The van der Waals surface area contributed by atoms with Gasteiger partial charge in [0.1, 0.15) is 22.3 Å². The lowest BCUT2D eigenvalue weighted by atomic mass is 10.2. The number of nitrogens with zero attached hydrogens (tertiary/aromatic N) is 7. The van der Waals surface area contributed by atoms with Crippen LogP contribution in [-0.2, 0) is 32.5 Å². The lowest BCUT2D eigenvalue weighted by molar-refractivity contribution is 0.0224. The standard InChI is InChI=1S/C30H40N8O6S/c1-5-9-25-26-27(35-38(25)18-21-10-7-8-11-31-21)29(39)34-28(33-26)24-16-23(17-32-30(24)44-22(19-42-3)20-43-4)45(40,41)37-14-12-36(6-2)13-15-37/h7-8,10-11,16-17,22H,5-6,9,12-15,18-20H2,1-4H3,(H,33,34,39). The average Bonchev–Trinajstić information content (AvgIpc) is 3.39. The normalized spacial score (nSPS) is 14.9. The molecule has 4 aromatic heterocycles.